The van der Waals surface area contributed by atoms with Gasteiger partial charge < -0.3 is 10.2 Å². The number of aromatic nitrogens is 1. The summed E-state index contributed by atoms with van der Waals surface area (Å²) in [4.78, 5) is 14.9. The van der Waals surface area contributed by atoms with Crippen LogP contribution < -0.4 is 5.43 Å². The molecule has 0 atom stereocenters. The van der Waals surface area contributed by atoms with E-state index in [0.29, 0.717) is 11.1 Å². The molecule has 4 nitrogen and oxygen atoms in total. The quantitative estimate of drug-likeness (QED) is 0.435. The Morgan fingerprint density at radius 3 is 2.81 bits per heavy atom. The first kappa shape index (κ1) is 10.4. The van der Waals surface area contributed by atoms with Gasteiger partial charge in [-0.2, -0.15) is 0 Å². The third kappa shape index (κ3) is 1.69. The minimum atomic E-state index is -0.0289. The predicted octanol–water partition coefficient (Wildman–Crippen LogP) is 2.03. The molecule has 2 N–H and O–H groups in total. The summed E-state index contributed by atoms with van der Waals surface area (Å²) in [6.45, 7) is 3.53. The van der Waals surface area contributed by atoms with Crippen molar-refractivity contribution in [2.45, 2.75) is 13.8 Å². The fourth-order valence-electron chi connectivity index (χ4n) is 1.66. The van der Waals surface area contributed by atoms with E-state index in [0.717, 1.165) is 16.8 Å². The Balaban J connectivity index is 2.76. The number of oxime groups is 1. The molecule has 1 heterocycles. The predicted molar refractivity (Wildman–Crippen MR) is 63.3 cm³/mol. The molecule has 0 spiro atoms. The van der Waals surface area contributed by atoms with Crippen molar-refractivity contribution in [3.63, 3.8) is 0 Å². The van der Waals surface area contributed by atoms with E-state index in [1.807, 2.05) is 19.1 Å². The zero-order valence-corrected chi connectivity index (χ0v) is 9.11. The van der Waals surface area contributed by atoms with Gasteiger partial charge in [0.2, 0.25) is 0 Å². The van der Waals surface area contributed by atoms with Crippen molar-refractivity contribution in [3.8, 4) is 0 Å². The molecule has 0 bridgehead atoms. The van der Waals surface area contributed by atoms with E-state index in [4.69, 9.17) is 5.21 Å². The van der Waals surface area contributed by atoms with Gasteiger partial charge in [-0.05, 0) is 31.5 Å². The minimum Gasteiger partial charge on any atom is -0.411 e. The van der Waals surface area contributed by atoms with Gasteiger partial charge in [0.15, 0.2) is 5.43 Å². The van der Waals surface area contributed by atoms with Crippen molar-refractivity contribution < 1.29 is 5.21 Å². The molecule has 82 valence electrons. The molecule has 1 aromatic carbocycles. The molecule has 0 amide bonds. The van der Waals surface area contributed by atoms with E-state index in [1.54, 1.807) is 19.1 Å². The molecule has 0 saturated heterocycles. The smallest absolute Gasteiger partial charge is 0.189 e. The van der Waals surface area contributed by atoms with Gasteiger partial charge in [0, 0.05) is 22.7 Å². The van der Waals surface area contributed by atoms with Gasteiger partial charge in [-0.15, -0.1) is 0 Å². The second-order valence-corrected chi connectivity index (χ2v) is 3.76. The maximum absolute atomic E-state index is 11.7. The lowest BCUT2D eigenvalue weighted by molar-refractivity contribution is 0.319. The molecule has 0 fully saturated rings. The molecule has 1 aromatic heterocycles. The van der Waals surface area contributed by atoms with E-state index in [2.05, 4.69) is 10.1 Å². The Hall–Kier alpha value is -2.10. The number of hydrogen-bond donors (Lipinski definition) is 2. The highest BCUT2D eigenvalue weighted by molar-refractivity contribution is 6.01. The number of aryl methyl sites for hydroxylation is 1. The normalized spacial score (nSPS) is 12.0. The second kappa shape index (κ2) is 3.81. The summed E-state index contributed by atoms with van der Waals surface area (Å²) in [5.41, 5.74) is 2.82. The number of nitrogens with one attached hydrogen (secondary N) is 1. The van der Waals surface area contributed by atoms with Crippen molar-refractivity contribution in [1.29, 1.82) is 0 Å². The SMILES string of the molecule is C/C(=N\O)c1ccc2[nH]c(C)cc(=O)c2c1. The van der Waals surface area contributed by atoms with Crippen molar-refractivity contribution >= 4 is 16.6 Å². The molecular weight excluding hydrogens is 204 g/mol. The monoisotopic (exact) mass is 216 g/mol. The molecule has 2 aromatic rings. The molecule has 0 radical (unpaired) electrons. The number of pyridine rings is 1. The van der Waals surface area contributed by atoms with Gasteiger partial charge in [-0.3, -0.25) is 4.79 Å². The van der Waals surface area contributed by atoms with E-state index in [1.165, 1.54) is 0 Å². The van der Waals surface area contributed by atoms with Gasteiger partial charge in [-0.1, -0.05) is 11.2 Å². The standard InChI is InChI=1S/C12H12N2O2/c1-7-5-12(15)10-6-9(8(2)14-16)3-4-11(10)13-7/h3-6,16H,1-2H3,(H,13,15)/b14-8+. The van der Waals surface area contributed by atoms with Crippen LogP contribution in [0.3, 0.4) is 0 Å². The van der Waals surface area contributed by atoms with Gasteiger partial charge in [0.1, 0.15) is 0 Å². The minimum absolute atomic E-state index is 0.0289. The van der Waals surface area contributed by atoms with Crippen LogP contribution in [-0.2, 0) is 0 Å². The highest BCUT2D eigenvalue weighted by Gasteiger charge is 2.03. The Kier molecular flexibility index (Phi) is 2.48. The summed E-state index contributed by atoms with van der Waals surface area (Å²) in [6, 6.07) is 6.90. The zero-order chi connectivity index (χ0) is 11.7. The summed E-state index contributed by atoms with van der Waals surface area (Å²) in [5.74, 6) is 0. The van der Waals surface area contributed by atoms with E-state index >= 15 is 0 Å². The lowest BCUT2D eigenvalue weighted by atomic mass is 10.1. The molecule has 16 heavy (non-hydrogen) atoms. The van der Waals surface area contributed by atoms with Crippen molar-refractivity contribution in [2.24, 2.45) is 5.16 Å². The molecule has 4 heteroatoms. The van der Waals surface area contributed by atoms with Crippen LogP contribution in [0.25, 0.3) is 10.9 Å². The number of H-pyrrole nitrogens is 1. The Morgan fingerprint density at radius 2 is 2.12 bits per heavy atom. The van der Waals surface area contributed by atoms with Gasteiger partial charge in [0.25, 0.3) is 0 Å². The molecule has 0 aliphatic carbocycles. The lowest BCUT2D eigenvalue weighted by Gasteiger charge is -2.03. The summed E-state index contributed by atoms with van der Waals surface area (Å²) in [5, 5.41) is 12.4. The van der Waals surface area contributed by atoms with E-state index < -0.39 is 0 Å². The third-order valence-corrected chi connectivity index (χ3v) is 2.53. The molecule has 2 rings (SSSR count). The van der Waals surface area contributed by atoms with Crippen LogP contribution >= 0.6 is 0 Å². The number of hydrogen-bond acceptors (Lipinski definition) is 3. The van der Waals surface area contributed by atoms with Crippen LogP contribution in [0.4, 0.5) is 0 Å². The third-order valence-electron chi connectivity index (χ3n) is 2.53. The first-order valence-electron chi connectivity index (χ1n) is 4.94. The van der Waals surface area contributed by atoms with Crippen LogP contribution in [0.15, 0.2) is 34.2 Å². The average Bonchev–Trinajstić information content (AvgIpc) is 2.27. The van der Waals surface area contributed by atoms with Crippen LogP contribution in [-0.4, -0.2) is 15.9 Å². The summed E-state index contributed by atoms with van der Waals surface area (Å²) in [6.07, 6.45) is 0. The van der Waals surface area contributed by atoms with Crippen LogP contribution in [0.2, 0.25) is 0 Å². The number of fused-ring (bicyclic) bond motifs is 1. The van der Waals surface area contributed by atoms with Gasteiger partial charge in [0.05, 0.1) is 5.71 Å². The highest BCUT2D eigenvalue weighted by atomic mass is 16.4. The number of nitrogens with zero attached hydrogens (tertiary/aromatic N) is 1. The number of aromatic amines is 1. The van der Waals surface area contributed by atoms with Gasteiger partial charge in [-0.25, -0.2) is 0 Å². The zero-order valence-electron chi connectivity index (χ0n) is 9.11. The van der Waals surface area contributed by atoms with Crippen molar-refractivity contribution in [2.75, 3.05) is 0 Å². The topological polar surface area (TPSA) is 65.5 Å². The number of rotatable bonds is 1. The molecule has 0 aliphatic heterocycles. The molecule has 0 unspecified atom stereocenters. The van der Waals surface area contributed by atoms with E-state index in [-0.39, 0.29) is 5.43 Å². The van der Waals surface area contributed by atoms with Crippen molar-refractivity contribution in [3.05, 3.63) is 45.7 Å². The molecule has 0 aliphatic rings. The van der Waals surface area contributed by atoms with Crippen LogP contribution in [0.1, 0.15) is 18.2 Å². The summed E-state index contributed by atoms with van der Waals surface area (Å²) >= 11 is 0. The van der Waals surface area contributed by atoms with E-state index in [9.17, 15) is 4.79 Å². The van der Waals surface area contributed by atoms with Crippen LogP contribution in [0.5, 0.6) is 0 Å². The fraction of sp³-hybridized carbons (Fsp3) is 0.167. The molecule has 0 saturated carbocycles. The largest absolute Gasteiger partial charge is 0.411 e. The summed E-state index contributed by atoms with van der Waals surface area (Å²) in [7, 11) is 0. The first-order valence-corrected chi connectivity index (χ1v) is 4.94. The highest BCUT2D eigenvalue weighted by Crippen LogP contribution is 2.11. The molecular formula is C12H12N2O2. The Labute approximate surface area is 92.2 Å². The van der Waals surface area contributed by atoms with Crippen LogP contribution in [0, 0.1) is 6.92 Å². The first-order chi connectivity index (χ1) is 7.61. The lowest BCUT2D eigenvalue weighted by Crippen LogP contribution is -2.04. The summed E-state index contributed by atoms with van der Waals surface area (Å²) < 4.78 is 0. The maximum atomic E-state index is 11.7. The Morgan fingerprint density at radius 1 is 1.38 bits per heavy atom. The second-order valence-electron chi connectivity index (χ2n) is 3.76. The maximum Gasteiger partial charge on any atom is 0.189 e. The average molecular weight is 216 g/mol. The Bertz CT molecular complexity index is 626. The van der Waals surface area contributed by atoms with Gasteiger partial charge >= 0.3 is 0 Å². The number of benzene rings is 1. The fourth-order valence-corrected chi connectivity index (χ4v) is 1.66. The van der Waals surface area contributed by atoms with Crippen molar-refractivity contribution in [1.82, 2.24) is 4.98 Å².